The highest BCUT2D eigenvalue weighted by atomic mass is 32.2. The van der Waals surface area contributed by atoms with Gasteiger partial charge < -0.3 is 15.5 Å². The molecule has 0 unspecified atom stereocenters. The minimum atomic E-state index is -1.40. The minimum Gasteiger partial charge on any atom is -0.481 e. The van der Waals surface area contributed by atoms with Crippen LogP contribution in [-0.4, -0.2) is 39.9 Å². The number of thioether (sulfide) groups is 1. The van der Waals surface area contributed by atoms with E-state index in [1.54, 1.807) is 0 Å². The number of nitrogens with one attached hydrogen (secondary N) is 1. The van der Waals surface area contributed by atoms with Crippen LogP contribution in [0.15, 0.2) is 29.2 Å². The average Bonchev–Trinajstić information content (AvgIpc) is 2.36. The first-order chi connectivity index (χ1) is 9.38. The van der Waals surface area contributed by atoms with E-state index in [0.717, 1.165) is 10.5 Å². The van der Waals surface area contributed by atoms with Crippen LogP contribution in [0, 0.1) is 6.92 Å². The van der Waals surface area contributed by atoms with Gasteiger partial charge in [-0.05, 0) is 19.1 Å². The zero-order valence-corrected chi connectivity index (χ0v) is 11.6. The van der Waals surface area contributed by atoms with E-state index in [-0.39, 0.29) is 5.75 Å². The zero-order valence-electron chi connectivity index (χ0n) is 10.8. The molecule has 3 N–H and O–H groups in total. The summed E-state index contributed by atoms with van der Waals surface area (Å²) in [6, 6.07) is 6.13. The average molecular weight is 297 g/mol. The van der Waals surface area contributed by atoms with E-state index in [9.17, 15) is 14.4 Å². The van der Waals surface area contributed by atoms with Crippen LogP contribution in [0.5, 0.6) is 0 Å². The van der Waals surface area contributed by atoms with Crippen LogP contribution in [0.3, 0.4) is 0 Å². The topological polar surface area (TPSA) is 104 Å². The number of carbonyl (C=O) groups is 3. The fourth-order valence-electron chi connectivity index (χ4n) is 1.39. The highest BCUT2D eigenvalue weighted by Crippen LogP contribution is 2.17. The van der Waals surface area contributed by atoms with Gasteiger partial charge >= 0.3 is 11.9 Å². The molecule has 0 saturated carbocycles. The lowest BCUT2D eigenvalue weighted by atomic mass is 10.2. The number of carbonyl (C=O) groups excluding carboxylic acids is 1. The second kappa shape index (κ2) is 7.54. The Bertz CT molecular complexity index is 500. The molecule has 0 aliphatic heterocycles. The van der Waals surface area contributed by atoms with Crippen molar-refractivity contribution in [2.75, 3.05) is 5.75 Å². The highest BCUT2D eigenvalue weighted by Gasteiger charge is 2.22. The van der Waals surface area contributed by atoms with Gasteiger partial charge in [0.2, 0.25) is 5.91 Å². The number of aryl methyl sites for hydroxylation is 1. The van der Waals surface area contributed by atoms with E-state index in [0.29, 0.717) is 0 Å². The SMILES string of the molecule is Cc1ccc(SCC(=O)N[C@@H](CC(=O)O)C(=O)O)cc1. The Hall–Kier alpha value is -2.02. The summed E-state index contributed by atoms with van der Waals surface area (Å²) in [5, 5.41) is 19.6. The van der Waals surface area contributed by atoms with Crippen molar-refractivity contribution in [2.45, 2.75) is 24.3 Å². The molecule has 0 saturated heterocycles. The smallest absolute Gasteiger partial charge is 0.326 e. The van der Waals surface area contributed by atoms with Crippen LogP contribution < -0.4 is 5.32 Å². The Balaban J connectivity index is 2.47. The number of hydrogen-bond acceptors (Lipinski definition) is 4. The molecule has 0 bridgehead atoms. The molecule has 0 aromatic heterocycles. The summed E-state index contributed by atoms with van der Waals surface area (Å²) in [4.78, 5) is 33.8. The standard InChI is InChI=1S/C13H15NO5S/c1-8-2-4-9(5-3-8)20-7-11(15)14-10(13(18)19)6-12(16)17/h2-5,10H,6-7H2,1H3,(H,14,15)(H,16,17)(H,18,19)/t10-/m0/s1. The molecule has 108 valence electrons. The summed E-state index contributed by atoms with van der Waals surface area (Å²) in [5.74, 6) is -3.11. The molecular weight excluding hydrogens is 282 g/mol. The van der Waals surface area contributed by atoms with Gasteiger partial charge in [-0.15, -0.1) is 11.8 Å². The van der Waals surface area contributed by atoms with Gasteiger partial charge in [0, 0.05) is 4.90 Å². The quantitative estimate of drug-likeness (QED) is 0.652. The van der Waals surface area contributed by atoms with Crippen LogP contribution in [0.2, 0.25) is 0 Å². The lowest BCUT2D eigenvalue weighted by molar-refractivity contribution is -0.147. The molecule has 0 radical (unpaired) electrons. The summed E-state index contributed by atoms with van der Waals surface area (Å²) in [7, 11) is 0. The van der Waals surface area contributed by atoms with Gasteiger partial charge in [0.05, 0.1) is 12.2 Å². The number of rotatable bonds is 7. The number of amides is 1. The fraction of sp³-hybridized carbons (Fsp3) is 0.308. The van der Waals surface area contributed by atoms with E-state index >= 15 is 0 Å². The summed E-state index contributed by atoms with van der Waals surface area (Å²) < 4.78 is 0. The first kappa shape index (κ1) is 16.0. The van der Waals surface area contributed by atoms with Crippen LogP contribution in [-0.2, 0) is 14.4 Å². The summed E-state index contributed by atoms with van der Waals surface area (Å²) >= 11 is 1.26. The molecule has 6 nitrogen and oxygen atoms in total. The normalized spacial score (nSPS) is 11.7. The number of aliphatic carboxylic acids is 2. The van der Waals surface area contributed by atoms with Gasteiger partial charge in [-0.3, -0.25) is 9.59 Å². The van der Waals surface area contributed by atoms with Gasteiger partial charge in [-0.1, -0.05) is 17.7 Å². The van der Waals surface area contributed by atoms with E-state index in [1.807, 2.05) is 31.2 Å². The minimum absolute atomic E-state index is 0.0342. The second-order valence-corrected chi connectivity index (χ2v) is 5.21. The molecule has 1 amide bonds. The maximum atomic E-state index is 11.6. The van der Waals surface area contributed by atoms with Crippen molar-refractivity contribution in [3.8, 4) is 0 Å². The molecule has 0 aliphatic carbocycles. The molecule has 0 heterocycles. The molecule has 0 aliphatic rings. The van der Waals surface area contributed by atoms with Crippen LogP contribution in [0.25, 0.3) is 0 Å². The molecular formula is C13H15NO5S. The predicted octanol–water partition coefficient (Wildman–Crippen LogP) is 1.13. The van der Waals surface area contributed by atoms with Crippen LogP contribution in [0.1, 0.15) is 12.0 Å². The molecule has 0 spiro atoms. The zero-order chi connectivity index (χ0) is 15.1. The Morgan fingerprint density at radius 1 is 1.20 bits per heavy atom. The van der Waals surface area contributed by atoms with Crippen molar-refractivity contribution in [3.05, 3.63) is 29.8 Å². The van der Waals surface area contributed by atoms with Crippen LogP contribution >= 0.6 is 11.8 Å². The van der Waals surface area contributed by atoms with Gasteiger partial charge in [0.25, 0.3) is 0 Å². The second-order valence-electron chi connectivity index (χ2n) is 4.16. The molecule has 1 atom stereocenters. The highest BCUT2D eigenvalue weighted by molar-refractivity contribution is 8.00. The lowest BCUT2D eigenvalue weighted by Crippen LogP contribution is -2.43. The van der Waals surface area contributed by atoms with Crippen molar-refractivity contribution in [2.24, 2.45) is 0 Å². The number of benzene rings is 1. The van der Waals surface area contributed by atoms with E-state index in [1.165, 1.54) is 11.8 Å². The van der Waals surface area contributed by atoms with Crippen molar-refractivity contribution in [3.63, 3.8) is 0 Å². The van der Waals surface area contributed by atoms with Gasteiger partial charge in [-0.25, -0.2) is 4.79 Å². The maximum Gasteiger partial charge on any atom is 0.326 e. The maximum absolute atomic E-state index is 11.6. The molecule has 1 aromatic rings. The molecule has 0 fully saturated rings. The van der Waals surface area contributed by atoms with E-state index < -0.39 is 30.3 Å². The van der Waals surface area contributed by atoms with Crippen molar-refractivity contribution >= 4 is 29.6 Å². The van der Waals surface area contributed by atoms with Gasteiger partial charge in [-0.2, -0.15) is 0 Å². The predicted molar refractivity (Wildman–Crippen MR) is 73.7 cm³/mol. The van der Waals surface area contributed by atoms with Crippen LogP contribution in [0.4, 0.5) is 0 Å². The lowest BCUT2D eigenvalue weighted by Gasteiger charge is -2.12. The Morgan fingerprint density at radius 2 is 1.80 bits per heavy atom. The van der Waals surface area contributed by atoms with Crippen molar-refractivity contribution in [1.29, 1.82) is 0 Å². The summed E-state index contributed by atoms with van der Waals surface area (Å²) in [6.07, 6.45) is -0.643. The third-order valence-electron chi connectivity index (χ3n) is 2.40. The molecule has 1 rings (SSSR count). The third kappa shape index (κ3) is 5.75. The van der Waals surface area contributed by atoms with E-state index in [2.05, 4.69) is 5.32 Å². The van der Waals surface area contributed by atoms with Gasteiger partial charge in [0.1, 0.15) is 6.04 Å². The number of carboxylic acids is 2. The first-order valence-corrected chi connectivity index (χ1v) is 6.80. The monoisotopic (exact) mass is 297 g/mol. The van der Waals surface area contributed by atoms with Gasteiger partial charge in [0.15, 0.2) is 0 Å². The largest absolute Gasteiger partial charge is 0.481 e. The Labute approximate surface area is 120 Å². The summed E-state index contributed by atoms with van der Waals surface area (Å²) in [5.41, 5.74) is 1.10. The first-order valence-electron chi connectivity index (χ1n) is 5.82. The fourth-order valence-corrected chi connectivity index (χ4v) is 2.10. The Morgan fingerprint density at radius 3 is 2.30 bits per heavy atom. The van der Waals surface area contributed by atoms with Crippen molar-refractivity contribution in [1.82, 2.24) is 5.32 Å². The molecule has 7 heteroatoms. The molecule has 20 heavy (non-hydrogen) atoms. The Kier molecular flexibility index (Phi) is 6.05. The van der Waals surface area contributed by atoms with Crippen molar-refractivity contribution < 1.29 is 24.6 Å². The number of carboxylic acid groups (broad SMARTS) is 2. The third-order valence-corrected chi connectivity index (χ3v) is 3.41. The number of hydrogen-bond donors (Lipinski definition) is 3. The summed E-state index contributed by atoms with van der Waals surface area (Å²) in [6.45, 7) is 1.95. The van der Waals surface area contributed by atoms with E-state index in [4.69, 9.17) is 10.2 Å². The molecule has 1 aromatic carbocycles.